The Labute approximate surface area is 110 Å². The molecule has 0 spiro atoms. The fourth-order valence-electron chi connectivity index (χ4n) is 1.57. The highest BCUT2D eigenvalue weighted by atomic mass is 19.4. The van der Waals surface area contributed by atoms with Gasteiger partial charge in [-0.15, -0.1) is 13.2 Å². The Hall–Kier alpha value is -2.64. The molecule has 0 atom stereocenters. The predicted molar refractivity (Wildman–Crippen MR) is 63.0 cm³/mol. The fraction of sp³-hybridized carbons (Fsp3) is 0.0833. The Balaban J connectivity index is 2.39. The number of halogens is 3. The number of pyridine rings is 1. The van der Waals surface area contributed by atoms with Crippen LogP contribution < -0.4 is 4.74 Å². The van der Waals surface area contributed by atoms with Gasteiger partial charge in [-0.05, 0) is 22.0 Å². The van der Waals surface area contributed by atoms with Crippen molar-refractivity contribution in [1.29, 1.82) is 0 Å². The van der Waals surface area contributed by atoms with Crippen LogP contribution in [0, 0.1) is 10.1 Å². The Morgan fingerprint density at radius 2 is 1.85 bits per heavy atom. The molecule has 0 aliphatic heterocycles. The molecule has 0 saturated carbocycles. The molecule has 2 rings (SSSR count). The minimum absolute atomic E-state index is 0.146. The summed E-state index contributed by atoms with van der Waals surface area (Å²) in [5, 5.41) is 10.5. The van der Waals surface area contributed by atoms with Crippen molar-refractivity contribution in [3.05, 3.63) is 52.7 Å². The maximum atomic E-state index is 12.3. The lowest BCUT2D eigenvalue weighted by Gasteiger charge is -2.12. The van der Waals surface area contributed by atoms with Gasteiger partial charge in [0.15, 0.2) is 0 Å². The van der Waals surface area contributed by atoms with Crippen molar-refractivity contribution in [3.63, 3.8) is 0 Å². The van der Waals surface area contributed by atoms with Gasteiger partial charge in [-0.3, -0.25) is 0 Å². The average Bonchev–Trinajstić information content (AvgIpc) is 2.37. The van der Waals surface area contributed by atoms with Crippen molar-refractivity contribution >= 4 is 5.82 Å². The Kier molecular flexibility index (Phi) is 3.55. The molecule has 0 unspecified atom stereocenters. The molecular formula is C12H7F3N2O3. The normalized spacial score (nSPS) is 11.2. The number of nitro groups is 1. The second-order valence-corrected chi connectivity index (χ2v) is 3.71. The van der Waals surface area contributed by atoms with Gasteiger partial charge >= 0.3 is 12.2 Å². The van der Waals surface area contributed by atoms with Crippen molar-refractivity contribution in [2.45, 2.75) is 6.36 Å². The number of rotatable bonds is 3. The van der Waals surface area contributed by atoms with Crippen LogP contribution >= 0.6 is 0 Å². The van der Waals surface area contributed by atoms with E-state index >= 15 is 0 Å². The van der Waals surface area contributed by atoms with Crippen LogP contribution in [0.3, 0.4) is 0 Å². The van der Waals surface area contributed by atoms with E-state index in [1.165, 1.54) is 24.3 Å². The van der Waals surface area contributed by atoms with E-state index in [1.807, 2.05) is 0 Å². The van der Waals surface area contributed by atoms with E-state index in [0.717, 1.165) is 18.3 Å². The van der Waals surface area contributed by atoms with Gasteiger partial charge in [0, 0.05) is 17.2 Å². The lowest BCUT2D eigenvalue weighted by atomic mass is 10.1. The van der Waals surface area contributed by atoms with E-state index in [4.69, 9.17) is 0 Å². The third kappa shape index (κ3) is 3.22. The number of alkyl halides is 3. The lowest BCUT2D eigenvalue weighted by Crippen LogP contribution is -2.17. The topological polar surface area (TPSA) is 65.3 Å². The number of para-hydroxylation sites is 1. The molecule has 0 amide bonds. The number of benzene rings is 1. The third-order valence-electron chi connectivity index (χ3n) is 2.36. The number of ether oxygens (including phenoxy) is 1. The summed E-state index contributed by atoms with van der Waals surface area (Å²) in [7, 11) is 0. The standard InChI is InChI=1S/C12H7F3N2O3/c13-12(14,15)20-10-4-2-1-3-9(10)8-5-6-11(16-7-8)17(18)19/h1-7H. The molecule has 0 saturated heterocycles. The van der Waals surface area contributed by atoms with Crippen molar-refractivity contribution in [3.8, 4) is 16.9 Å². The second kappa shape index (κ2) is 5.16. The Bertz CT molecular complexity index is 627. The van der Waals surface area contributed by atoms with Crippen LogP contribution in [0.2, 0.25) is 0 Å². The number of hydrogen-bond donors (Lipinski definition) is 0. The molecule has 20 heavy (non-hydrogen) atoms. The van der Waals surface area contributed by atoms with Crippen LogP contribution in [-0.2, 0) is 0 Å². The summed E-state index contributed by atoms with van der Waals surface area (Å²) in [5.41, 5.74) is 0.433. The predicted octanol–water partition coefficient (Wildman–Crippen LogP) is 3.56. The van der Waals surface area contributed by atoms with Crippen LogP contribution in [-0.4, -0.2) is 16.3 Å². The minimum atomic E-state index is -4.82. The van der Waals surface area contributed by atoms with Gasteiger partial charge in [0.05, 0.1) is 0 Å². The summed E-state index contributed by atoms with van der Waals surface area (Å²) in [4.78, 5) is 13.3. The summed E-state index contributed by atoms with van der Waals surface area (Å²) < 4.78 is 40.7. The van der Waals surface area contributed by atoms with E-state index in [2.05, 4.69) is 9.72 Å². The van der Waals surface area contributed by atoms with Crippen LogP contribution in [0.1, 0.15) is 0 Å². The summed E-state index contributed by atoms with van der Waals surface area (Å²) >= 11 is 0. The molecule has 5 nitrogen and oxygen atoms in total. The SMILES string of the molecule is O=[N+]([O-])c1ccc(-c2ccccc2OC(F)(F)F)cn1. The summed E-state index contributed by atoms with van der Waals surface area (Å²) in [5.74, 6) is -0.779. The third-order valence-corrected chi connectivity index (χ3v) is 2.36. The van der Waals surface area contributed by atoms with Gasteiger partial charge in [-0.2, -0.15) is 0 Å². The highest BCUT2D eigenvalue weighted by Gasteiger charge is 2.32. The van der Waals surface area contributed by atoms with Gasteiger partial charge in [0.2, 0.25) is 0 Å². The van der Waals surface area contributed by atoms with E-state index in [0.29, 0.717) is 0 Å². The molecular weight excluding hydrogens is 277 g/mol. The number of nitrogens with zero attached hydrogens (tertiary/aromatic N) is 2. The Morgan fingerprint density at radius 3 is 2.40 bits per heavy atom. The van der Waals surface area contributed by atoms with Crippen molar-refractivity contribution in [2.24, 2.45) is 0 Å². The maximum Gasteiger partial charge on any atom is 0.573 e. The summed E-state index contributed by atoms with van der Waals surface area (Å²) in [6.07, 6.45) is -3.69. The second-order valence-electron chi connectivity index (χ2n) is 3.71. The lowest BCUT2D eigenvalue weighted by molar-refractivity contribution is -0.389. The first-order valence-electron chi connectivity index (χ1n) is 5.32. The van der Waals surface area contributed by atoms with Crippen LogP contribution in [0.25, 0.3) is 11.1 Å². The molecule has 0 aliphatic carbocycles. The van der Waals surface area contributed by atoms with Gasteiger partial charge < -0.3 is 14.9 Å². The highest BCUT2D eigenvalue weighted by Crippen LogP contribution is 2.33. The molecule has 1 heterocycles. The smallest absolute Gasteiger partial charge is 0.405 e. The first-order valence-corrected chi connectivity index (χ1v) is 5.32. The van der Waals surface area contributed by atoms with Crippen molar-refractivity contribution in [1.82, 2.24) is 4.98 Å². The van der Waals surface area contributed by atoms with E-state index < -0.39 is 17.0 Å². The molecule has 0 radical (unpaired) electrons. The molecule has 0 bridgehead atoms. The van der Waals surface area contributed by atoms with Gasteiger partial charge in [-0.1, -0.05) is 18.2 Å². The molecule has 2 aromatic rings. The molecule has 8 heteroatoms. The molecule has 1 aromatic heterocycles. The van der Waals surface area contributed by atoms with Gasteiger partial charge in [-0.25, -0.2) is 0 Å². The molecule has 0 aliphatic rings. The van der Waals surface area contributed by atoms with Crippen molar-refractivity contribution in [2.75, 3.05) is 0 Å². The zero-order chi connectivity index (χ0) is 14.8. The summed E-state index contributed by atoms with van der Waals surface area (Å²) in [6, 6.07) is 7.90. The van der Waals surface area contributed by atoms with Gasteiger partial charge in [0.25, 0.3) is 0 Å². The molecule has 104 valence electrons. The van der Waals surface area contributed by atoms with E-state index in [-0.39, 0.29) is 16.9 Å². The highest BCUT2D eigenvalue weighted by molar-refractivity contribution is 5.70. The zero-order valence-electron chi connectivity index (χ0n) is 9.79. The monoisotopic (exact) mass is 284 g/mol. The first-order chi connectivity index (χ1) is 9.37. The van der Waals surface area contributed by atoms with Gasteiger partial charge in [0.1, 0.15) is 11.9 Å². The molecule has 0 N–H and O–H groups in total. The van der Waals surface area contributed by atoms with Crippen LogP contribution in [0.5, 0.6) is 5.75 Å². The largest absolute Gasteiger partial charge is 0.573 e. The first kappa shape index (κ1) is 13.8. The van der Waals surface area contributed by atoms with E-state index in [9.17, 15) is 23.3 Å². The van der Waals surface area contributed by atoms with Crippen LogP contribution in [0.4, 0.5) is 19.0 Å². The minimum Gasteiger partial charge on any atom is -0.405 e. The summed E-state index contributed by atoms with van der Waals surface area (Å²) in [6.45, 7) is 0. The maximum absolute atomic E-state index is 12.3. The van der Waals surface area contributed by atoms with E-state index in [1.54, 1.807) is 0 Å². The average molecular weight is 284 g/mol. The quantitative estimate of drug-likeness (QED) is 0.638. The van der Waals surface area contributed by atoms with Crippen molar-refractivity contribution < 1.29 is 22.8 Å². The van der Waals surface area contributed by atoms with Crippen LogP contribution in [0.15, 0.2) is 42.6 Å². The Morgan fingerprint density at radius 1 is 1.15 bits per heavy atom. The fourth-order valence-corrected chi connectivity index (χ4v) is 1.57. The zero-order valence-corrected chi connectivity index (χ0v) is 9.79. The molecule has 0 fully saturated rings. The number of aromatic nitrogens is 1. The number of hydrogen-bond acceptors (Lipinski definition) is 4. The molecule has 1 aromatic carbocycles.